The largest absolute Gasteiger partial charge is 0.407 e. The molecule has 13 heavy (non-hydrogen) atoms. The van der Waals surface area contributed by atoms with Crippen molar-refractivity contribution in [3.8, 4) is 0 Å². The van der Waals surface area contributed by atoms with E-state index in [1.54, 1.807) is 24.3 Å². The Morgan fingerprint density at radius 2 is 1.77 bits per heavy atom. The van der Waals surface area contributed by atoms with Crippen molar-refractivity contribution in [1.82, 2.24) is 0 Å². The second-order valence-corrected chi connectivity index (χ2v) is 2.51. The standard InChI is InChI=1S/C9H5NO3/c11-8-7(10-13-9(8)12)6-4-2-1-3-5-6/h1-5H. The van der Waals surface area contributed by atoms with Gasteiger partial charge in [-0.2, -0.15) is 0 Å². The highest BCUT2D eigenvalue weighted by Crippen LogP contribution is 2.08. The SMILES string of the molecule is O=C1ON=C(c2ccccc2)C1=O. The van der Waals surface area contributed by atoms with E-state index in [2.05, 4.69) is 9.99 Å². The maximum Gasteiger partial charge on any atom is 0.407 e. The summed E-state index contributed by atoms with van der Waals surface area (Å²) in [6, 6.07) is 8.71. The maximum atomic E-state index is 11.1. The van der Waals surface area contributed by atoms with Crippen molar-refractivity contribution in [3.63, 3.8) is 0 Å². The van der Waals surface area contributed by atoms with E-state index < -0.39 is 11.8 Å². The first-order valence-electron chi connectivity index (χ1n) is 3.68. The number of nitrogens with zero attached hydrogens (tertiary/aromatic N) is 1. The van der Waals surface area contributed by atoms with Crippen molar-refractivity contribution < 1.29 is 14.4 Å². The third kappa shape index (κ3) is 1.22. The molecular formula is C9H5NO3. The van der Waals surface area contributed by atoms with Crippen LogP contribution in [0.2, 0.25) is 0 Å². The number of hydrogen-bond acceptors (Lipinski definition) is 4. The van der Waals surface area contributed by atoms with Gasteiger partial charge < -0.3 is 4.84 Å². The first-order chi connectivity index (χ1) is 6.29. The minimum Gasteiger partial charge on any atom is -0.308 e. The molecule has 0 atom stereocenters. The van der Waals surface area contributed by atoms with E-state index in [1.165, 1.54) is 0 Å². The highest BCUT2D eigenvalue weighted by Gasteiger charge is 2.30. The van der Waals surface area contributed by atoms with Crippen LogP contribution in [0.15, 0.2) is 35.5 Å². The number of carbonyl (C=O) groups is 2. The molecule has 0 spiro atoms. The first-order valence-corrected chi connectivity index (χ1v) is 3.68. The normalized spacial score (nSPS) is 15.5. The summed E-state index contributed by atoms with van der Waals surface area (Å²) in [6.45, 7) is 0. The number of oxime groups is 1. The highest BCUT2D eigenvalue weighted by molar-refractivity contribution is 6.68. The van der Waals surface area contributed by atoms with Gasteiger partial charge in [0.15, 0.2) is 5.71 Å². The second kappa shape index (κ2) is 2.82. The van der Waals surface area contributed by atoms with Crippen molar-refractivity contribution in [1.29, 1.82) is 0 Å². The fourth-order valence-corrected chi connectivity index (χ4v) is 1.05. The Morgan fingerprint density at radius 3 is 2.31 bits per heavy atom. The summed E-state index contributed by atoms with van der Waals surface area (Å²) in [7, 11) is 0. The van der Waals surface area contributed by atoms with Crippen LogP contribution >= 0.6 is 0 Å². The third-order valence-corrected chi connectivity index (χ3v) is 1.67. The van der Waals surface area contributed by atoms with Gasteiger partial charge in [0.25, 0.3) is 5.78 Å². The van der Waals surface area contributed by atoms with Gasteiger partial charge in [-0.05, 0) is 0 Å². The van der Waals surface area contributed by atoms with Crippen molar-refractivity contribution in [2.75, 3.05) is 0 Å². The Hall–Kier alpha value is -1.97. The maximum absolute atomic E-state index is 11.1. The lowest BCUT2D eigenvalue weighted by atomic mass is 10.1. The summed E-state index contributed by atoms with van der Waals surface area (Å²) < 4.78 is 0. The molecule has 1 aromatic rings. The third-order valence-electron chi connectivity index (χ3n) is 1.67. The quantitative estimate of drug-likeness (QED) is 0.461. The van der Waals surface area contributed by atoms with Gasteiger partial charge in [0.05, 0.1) is 0 Å². The average Bonchev–Trinajstić information content (AvgIpc) is 2.49. The van der Waals surface area contributed by atoms with Gasteiger partial charge >= 0.3 is 5.97 Å². The lowest BCUT2D eigenvalue weighted by molar-refractivity contribution is -0.148. The van der Waals surface area contributed by atoms with Crippen LogP contribution in [-0.2, 0) is 14.4 Å². The lowest BCUT2D eigenvalue weighted by Gasteiger charge is -1.92. The number of rotatable bonds is 1. The van der Waals surface area contributed by atoms with E-state index in [0.29, 0.717) is 5.56 Å². The van der Waals surface area contributed by atoms with E-state index in [4.69, 9.17) is 0 Å². The van der Waals surface area contributed by atoms with Crippen molar-refractivity contribution in [2.45, 2.75) is 0 Å². The number of carbonyl (C=O) groups excluding carboxylic acids is 2. The minimum absolute atomic E-state index is 0.0746. The van der Waals surface area contributed by atoms with Crippen LogP contribution in [0, 0.1) is 0 Å². The lowest BCUT2D eigenvalue weighted by Crippen LogP contribution is -2.17. The van der Waals surface area contributed by atoms with Gasteiger partial charge in [0.2, 0.25) is 0 Å². The minimum atomic E-state index is -0.918. The molecule has 1 aromatic carbocycles. The smallest absolute Gasteiger partial charge is 0.308 e. The van der Waals surface area contributed by atoms with Crippen LogP contribution in [-0.4, -0.2) is 17.5 Å². The number of hydrogen-bond donors (Lipinski definition) is 0. The van der Waals surface area contributed by atoms with E-state index in [9.17, 15) is 9.59 Å². The molecule has 0 amide bonds. The number of benzene rings is 1. The molecule has 0 saturated heterocycles. The molecule has 0 aliphatic carbocycles. The Bertz CT molecular complexity index is 395. The fourth-order valence-electron chi connectivity index (χ4n) is 1.05. The Morgan fingerprint density at radius 1 is 1.08 bits per heavy atom. The molecule has 0 N–H and O–H groups in total. The molecule has 4 nitrogen and oxygen atoms in total. The van der Waals surface area contributed by atoms with Crippen LogP contribution in [0.4, 0.5) is 0 Å². The van der Waals surface area contributed by atoms with Gasteiger partial charge in [-0.15, -0.1) is 0 Å². The van der Waals surface area contributed by atoms with E-state index in [0.717, 1.165) is 0 Å². The predicted octanol–water partition coefficient (Wildman–Crippen LogP) is 0.517. The topological polar surface area (TPSA) is 55.7 Å². The molecule has 1 aliphatic rings. The molecule has 2 rings (SSSR count). The molecular weight excluding hydrogens is 170 g/mol. The van der Waals surface area contributed by atoms with Crippen molar-refractivity contribution >= 4 is 17.5 Å². The molecule has 0 bridgehead atoms. The summed E-state index contributed by atoms with van der Waals surface area (Å²) in [5, 5.41) is 3.39. The summed E-state index contributed by atoms with van der Waals surface area (Å²) in [5.41, 5.74) is 0.670. The van der Waals surface area contributed by atoms with Gasteiger partial charge in [-0.1, -0.05) is 35.5 Å². The van der Waals surface area contributed by atoms with Gasteiger partial charge in [0, 0.05) is 5.56 Å². The van der Waals surface area contributed by atoms with Crippen LogP contribution < -0.4 is 0 Å². The van der Waals surface area contributed by atoms with Crippen molar-refractivity contribution in [2.24, 2.45) is 5.16 Å². The Kier molecular flexibility index (Phi) is 1.66. The average molecular weight is 175 g/mol. The Labute approximate surface area is 73.8 Å². The van der Waals surface area contributed by atoms with E-state index >= 15 is 0 Å². The van der Waals surface area contributed by atoms with E-state index in [1.807, 2.05) is 6.07 Å². The predicted molar refractivity (Wildman–Crippen MR) is 44.1 cm³/mol. The highest BCUT2D eigenvalue weighted by atomic mass is 16.7. The summed E-state index contributed by atoms with van der Waals surface area (Å²) in [6.07, 6.45) is 0. The zero-order valence-electron chi connectivity index (χ0n) is 6.56. The molecule has 0 unspecified atom stereocenters. The molecule has 0 aromatic heterocycles. The van der Waals surface area contributed by atoms with Crippen LogP contribution in [0.25, 0.3) is 0 Å². The number of ketones is 1. The van der Waals surface area contributed by atoms with Crippen molar-refractivity contribution in [3.05, 3.63) is 35.9 Å². The van der Waals surface area contributed by atoms with Gasteiger partial charge in [-0.3, -0.25) is 4.79 Å². The zero-order chi connectivity index (χ0) is 9.26. The summed E-state index contributed by atoms with van der Waals surface area (Å²) in [5.74, 6) is -1.61. The molecule has 0 fully saturated rings. The van der Waals surface area contributed by atoms with Crippen LogP contribution in [0.1, 0.15) is 5.56 Å². The van der Waals surface area contributed by atoms with Crippen LogP contribution in [0.5, 0.6) is 0 Å². The first kappa shape index (κ1) is 7.67. The fraction of sp³-hybridized carbons (Fsp3) is 0. The monoisotopic (exact) mass is 175 g/mol. The molecule has 0 saturated carbocycles. The molecule has 1 aliphatic heterocycles. The summed E-state index contributed by atoms with van der Waals surface area (Å²) in [4.78, 5) is 26.0. The van der Waals surface area contributed by atoms with E-state index in [-0.39, 0.29) is 5.71 Å². The second-order valence-electron chi connectivity index (χ2n) is 2.51. The molecule has 1 heterocycles. The molecule has 0 radical (unpaired) electrons. The number of Topliss-reactive ketones (excluding diaryl/α,β-unsaturated/α-hetero) is 1. The zero-order valence-corrected chi connectivity index (χ0v) is 6.56. The molecule has 64 valence electrons. The molecule has 4 heteroatoms. The summed E-state index contributed by atoms with van der Waals surface area (Å²) >= 11 is 0. The Balaban J connectivity index is 2.39. The van der Waals surface area contributed by atoms with Crippen LogP contribution in [0.3, 0.4) is 0 Å². The van der Waals surface area contributed by atoms with Gasteiger partial charge in [-0.25, -0.2) is 4.79 Å². The van der Waals surface area contributed by atoms with Gasteiger partial charge in [0.1, 0.15) is 0 Å².